The molecule has 1 saturated heterocycles. The summed E-state index contributed by atoms with van der Waals surface area (Å²) in [6.45, 7) is 4.76. The number of halogens is 2. The summed E-state index contributed by atoms with van der Waals surface area (Å²) < 4.78 is 6.72. The van der Waals surface area contributed by atoms with E-state index in [9.17, 15) is 4.79 Å². The molecular formula is C22H24Cl2N6O2. The number of anilines is 1. The van der Waals surface area contributed by atoms with E-state index >= 15 is 0 Å². The van der Waals surface area contributed by atoms with E-state index in [2.05, 4.69) is 25.4 Å². The first-order chi connectivity index (χ1) is 15.5. The maximum absolute atomic E-state index is 12.4. The Hall–Kier alpha value is -2.81. The lowest BCUT2D eigenvalue weighted by Crippen LogP contribution is -2.48. The van der Waals surface area contributed by atoms with Crippen LogP contribution in [0.4, 0.5) is 5.69 Å². The first kappa shape index (κ1) is 22.4. The molecule has 8 nitrogen and oxygen atoms in total. The molecule has 0 unspecified atom stereocenters. The molecule has 4 rings (SSSR count). The van der Waals surface area contributed by atoms with Crippen LogP contribution in [0.15, 0.2) is 48.7 Å². The van der Waals surface area contributed by atoms with Gasteiger partial charge in [0.1, 0.15) is 5.75 Å². The number of aromatic nitrogens is 3. The highest BCUT2D eigenvalue weighted by atomic mass is 35.5. The van der Waals surface area contributed by atoms with Gasteiger partial charge in [0, 0.05) is 39.3 Å². The Kier molecular flexibility index (Phi) is 7.14. The number of piperazine rings is 1. The van der Waals surface area contributed by atoms with Gasteiger partial charge in [0.25, 0.3) is 5.91 Å². The third-order valence-electron chi connectivity index (χ3n) is 5.42. The number of nitrogens with one attached hydrogen (secondary N) is 1. The SMILES string of the molecule is COc1ccc(-n2cc(C(=O)NCCN3CCN(c4cccc(Cl)c4Cl)CC3)nn2)cc1. The Morgan fingerprint density at radius 3 is 2.56 bits per heavy atom. The molecule has 1 aliphatic heterocycles. The average molecular weight is 475 g/mol. The fourth-order valence-electron chi connectivity index (χ4n) is 3.60. The second kappa shape index (κ2) is 10.2. The Bertz CT molecular complexity index is 1060. The molecule has 32 heavy (non-hydrogen) atoms. The molecule has 0 bridgehead atoms. The average Bonchev–Trinajstić information content (AvgIpc) is 3.32. The van der Waals surface area contributed by atoms with Crippen LogP contribution in [0.2, 0.25) is 10.0 Å². The van der Waals surface area contributed by atoms with Gasteiger partial charge in [-0.1, -0.05) is 34.5 Å². The summed E-state index contributed by atoms with van der Waals surface area (Å²) in [4.78, 5) is 17.0. The number of hydrogen-bond donors (Lipinski definition) is 1. The summed E-state index contributed by atoms with van der Waals surface area (Å²) in [6, 6.07) is 13.1. The van der Waals surface area contributed by atoms with Crippen molar-refractivity contribution in [3.8, 4) is 11.4 Å². The second-order valence-electron chi connectivity index (χ2n) is 7.40. The predicted octanol–water partition coefficient (Wildman–Crippen LogP) is 3.13. The number of carbonyl (C=O) groups is 1. The molecular weight excluding hydrogens is 451 g/mol. The van der Waals surface area contributed by atoms with E-state index < -0.39 is 0 Å². The number of benzene rings is 2. The zero-order valence-electron chi connectivity index (χ0n) is 17.7. The van der Waals surface area contributed by atoms with Crippen molar-refractivity contribution in [3.63, 3.8) is 0 Å². The van der Waals surface area contributed by atoms with Gasteiger partial charge in [0.2, 0.25) is 0 Å². The van der Waals surface area contributed by atoms with Crippen molar-refractivity contribution >= 4 is 34.8 Å². The van der Waals surface area contributed by atoms with Gasteiger partial charge in [-0.2, -0.15) is 0 Å². The fraction of sp³-hybridized carbons (Fsp3) is 0.318. The maximum Gasteiger partial charge on any atom is 0.273 e. The van der Waals surface area contributed by atoms with E-state index in [1.807, 2.05) is 36.4 Å². The van der Waals surface area contributed by atoms with Crippen molar-refractivity contribution in [2.24, 2.45) is 0 Å². The van der Waals surface area contributed by atoms with E-state index in [1.165, 1.54) is 0 Å². The van der Waals surface area contributed by atoms with Crippen molar-refractivity contribution in [2.45, 2.75) is 0 Å². The van der Waals surface area contributed by atoms with E-state index in [0.717, 1.165) is 49.8 Å². The summed E-state index contributed by atoms with van der Waals surface area (Å²) in [7, 11) is 1.61. The Labute approximate surface area is 196 Å². The third kappa shape index (κ3) is 5.15. The maximum atomic E-state index is 12.4. The van der Waals surface area contributed by atoms with Gasteiger partial charge < -0.3 is 15.0 Å². The molecule has 1 aromatic heterocycles. The number of amides is 1. The largest absolute Gasteiger partial charge is 0.497 e. The minimum atomic E-state index is -0.242. The summed E-state index contributed by atoms with van der Waals surface area (Å²) >= 11 is 12.5. The monoisotopic (exact) mass is 474 g/mol. The van der Waals surface area contributed by atoms with Gasteiger partial charge in [0.05, 0.1) is 34.7 Å². The molecule has 2 heterocycles. The zero-order chi connectivity index (χ0) is 22.5. The highest BCUT2D eigenvalue weighted by Gasteiger charge is 2.20. The molecule has 0 radical (unpaired) electrons. The van der Waals surface area contributed by atoms with Gasteiger partial charge >= 0.3 is 0 Å². The Morgan fingerprint density at radius 1 is 1.09 bits per heavy atom. The quantitative estimate of drug-likeness (QED) is 0.566. The molecule has 1 N–H and O–H groups in total. The predicted molar refractivity (Wildman–Crippen MR) is 125 cm³/mol. The lowest BCUT2D eigenvalue weighted by molar-refractivity contribution is 0.0942. The molecule has 0 spiro atoms. The molecule has 3 aromatic rings. The Morgan fingerprint density at radius 2 is 1.84 bits per heavy atom. The van der Waals surface area contributed by atoms with Crippen LogP contribution < -0.4 is 15.0 Å². The van der Waals surface area contributed by atoms with Gasteiger partial charge in [-0.05, 0) is 36.4 Å². The molecule has 10 heteroatoms. The molecule has 1 aliphatic rings. The highest BCUT2D eigenvalue weighted by molar-refractivity contribution is 6.43. The molecule has 0 atom stereocenters. The number of hydrogen-bond acceptors (Lipinski definition) is 6. The summed E-state index contributed by atoms with van der Waals surface area (Å²) in [5.74, 6) is 0.512. The Balaban J connectivity index is 1.23. The van der Waals surface area contributed by atoms with Crippen LogP contribution in [0.5, 0.6) is 5.75 Å². The molecule has 2 aromatic carbocycles. The van der Waals surface area contributed by atoms with Crippen LogP contribution in [0.3, 0.4) is 0 Å². The minimum Gasteiger partial charge on any atom is -0.497 e. The molecule has 168 valence electrons. The lowest BCUT2D eigenvalue weighted by atomic mass is 10.2. The van der Waals surface area contributed by atoms with E-state index in [4.69, 9.17) is 27.9 Å². The normalized spacial score (nSPS) is 14.4. The third-order valence-corrected chi connectivity index (χ3v) is 6.23. The summed E-state index contributed by atoms with van der Waals surface area (Å²) in [5, 5.41) is 12.1. The van der Waals surface area contributed by atoms with Crippen molar-refractivity contribution in [1.82, 2.24) is 25.2 Å². The molecule has 1 fully saturated rings. The van der Waals surface area contributed by atoms with Gasteiger partial charge in [-0.25, -0.2) is 4.68 Å². The van der Waals surface area contributed by atoms with Crippen molar-refractivity contribution in [3.05, 3.63) is 64.4 Å². The van der Waals surface area contributed by atoms with Crippen LogP contribution in [0.1, 0.15) is 10.5 Å². The number of methoxy groups -OCH3 is 1. The van der Waals surface area contributed by atoms with Crippen LogP contribution in [-0.2, 0) is 0 Å². The first-order valence-electron chi connectivity index (χ1n) is 10.3. The number of nitrogens with zero attached hydrogens (tertiary/aromatic N) is 5. The van der Waals surface area contributed by atoms with E-state index in [1.54, 1.807) is 24.1 Å². The fourth-order valence-corrected chi connectivity index (χ4v) is 4.01. The topological polar surface area (TPSA) is 75.5 Å². The molecule has 1 amide bonds. The van der Waals surface area contributed by atoms with Crippen LogP contribution in [-0.4, -0.2) is 72.2 Å². The van der Waals surface area contributed by atoms with Crippen LogP contribution in [0, 0.1) is 0 Å². The minimum absolute atomic E-state index is 0.242. The van der Waals surface area contributed by atoms with Crippen molar-refractivity contribution < 1.29 is 9.53 Å². The second-order valence-corrected chi connectivity index (χ2v) is 8.19. The summed E-state index contributed by atoms with van der Waals surface area (Å²) in [6.07, 6.45) is 1.62. The van der Waals surface area contributed by atoms with Gasteiger partial charge in [0.15, 0.2) is 5.69 Å². The van der Waals surface area contributed by atoms with Crippen molar-refractivity contribution in [2.75, 3.05) is 51.3 Å². The summed E-state index contributed by atoms with van der Waals surface area (Å²) in [5.41, 5.74) is 2.04. The van der Waals surface area contributed by atoms with E-state index in [-0.39, 0.29) is 11.6 Å². The number of carbonyl (C=O) groups excluding carboxylic acids is 1. The smallest absolute Gasteiger partial charge is 0.273 e. The van der Waals surface area contributed by atoms with Crippen molar-refractivity contribution in [1.29, 1.82) is 0 Å². The highest BCUT2D eigenvalue weighted by Crippen LogP contribution is 2.32. The van der Waals surface area contributed by atoms with Crippen LogP contribution in [0.25, 0.3) is 5.69 Å². The standard InChI is InChI=1S/C22H24Cl2N6O2/c1-32-17-7-5-16(6-8-17)30-15-19(26-27-30)22(31)25-9-10-28-11-13-29(14-12-28)20-4-2-3-18(23)21(20)24/h2-8,15H,9-14H2,1H3,(H,25,31). The van der Waals surface area contributed by atoms with Gasteiger partial charge in [-0.15, -0.1) is 5.10 Å². The molecule has 0 saturated carbocycles. The molecule has 0 aliphatic carbocycles. The van der Waals surface area contributed by atoms with E-state index in [0.29, 0.717) is 16.6 Å². The van der Waals surface area contributed by atoms with Crippen LogP contribution >= 0.6 is 23.2 Å². The zero-order valence-corrected chi connectivity index (χ0v) is 19.2. The number of ether oxygens (including phenoxy) is 1. The lowest BCUT2D eigenvalue weighted by Gasteiger charge is -2.36. The first-order valence-corrected chi connectivity index (χ1v) is 11.1. The van der Waals surface area contributed by atoms with Gasteiger partial charge in [-0.3, -0.25) is 9.69 Å². The number of rotatable bonds is 7.